The molecular formula is C96H85BN2. The minimum Gasteiger partial charge on any atom is -0.310 e. The molecule has 0 aromatic heterocycles. The van der Waals surface area contributed by atoms with Crippen LogP contribution in [-0.2, 0) is 21.7 Å². The van der Waals surface area contributed by atoms with Gasteiger partial charge in [-0.2, -0.15) is 0 Å². The van der Waals surface area contributed by atoms with Crippen molar-refractivity contribution in [2.45, 2.75) is 117 Å². The van der Waals surface area contributed by atoms with Gasteiger partial charge in [-0.25, -0.2) is 0 Å². The smallest absolute Gasteiger partial charge is 0.252 e. The van der Waals surface area contributed by atoms with Crippen LogP contribution >= 0.6 is 0 Å². The Hall–Kier alpha value is -10.5. The third kappa shape index (κ3) is 10.3. The number of anilines is 6. The summed E-state index contributed by atoms with van der Waals surface area (Å²) in [5.41, 5.74) is 19.4. The van der Waals surface area contributed by atoms with Crippen LogP contribution in [0.5, 0.6) is 0 Å². The second-order valence-corrected chi connectivity index (χ2v) is 31.2. The van der Waals surface area contributed by atoms with Crippen molar-refractivity contribution < 1.29 is 21.9 Å². The molecule has 0 saturated carbocycles. The topological polar surface area (TPSA) is 6.48 Å². The summed E-state index contributed by atoms with van der Waals surface area (Å²) >= 11 is 0. The Labute approximate surface area is 609 Å². The maximum atomic E-state index is 9.85. The summed E-state index contributed by atoms with van der Waals surface area (Å²) in [6, 6.07) is 58.8. The van der Waals surface area contributed by atoms with Crippen molar-refractivity contribution in [1.82, 2.24) is 0 Å². The molecule has 99 heavy (non-hydrogen) atoms. The fourth-order valence-electron chi connectivity index (χ4n) is 15.8. The van der Waals surface area contributed by atoms with Gasteiger partial charge in [-0.1, -0.05) is 344 Å². The summed E-state index contributed by atoms with van der Waals surface area (Å²) in [5.74, 6) is -2.31. The number of para-hydroxylation sites is 2. The zero-order valence-corrected chi connectivity index (χ0v) is 58.0. The van der Waals surface area contributed by atoms with Gasteiger partial charge in [0.05, 0.1) is 33.3 Å². The van der Waals surface area contributed by atoms with Gasteiger partial charge in [-0.15, -0.1) is 0 Å². The molecule has 0 fully saturated rings. The van der Waals surface area contributed by atoms with Crippen molar-refractivity contribution in [3.63, 3.8) is 0 Å². The fraction of sp³-hybridized carbons (Fsp3) is 0.188. The van der Waals surface area contributed by atoms with Crippen LogP contribution in [0.2, 0.25) is 0 Å². The van der Waals surface area contributed by atoms with Crippen molar-refractivity contribution in [1.29, 1.82) is 0 Å². The fourth-order valence-corrected chi connectivity index (χ4v) is 15.8. The Bertz CT molecular complexity index is 5670. The molecular weight excluding hydrogens is 1190 g/mol. The van der Waals surface area contributed by atoms with Crippen molar-refractivity contribution in [3.8, 4) is 66.8 Å². The van der Waals surface area contributed by atoms with Crippen LogP contribution in [0.4, 0.5) is 34.1 Å². The van der Waals surface area contributed by atoms with E-state index in [1.165, 1.54) is 0 Å². The van der Waals surface area contributed by atoms with E-state index < -0.39 is 91.1 Å². The van der Waals surface area contributed by atoms with Crippen LogP contribution in [0.3, 0.4) is 0 Å². The molecule has 2 heterocycles. The van der Waals surface area contributed by atoms with Gasteiger partial charge in [0.15, 0.2) is 0 Å². The molecule has 4 aliphatic rings. The number of hydrogen-bond acceptors (Lipinski definition) is 2. The van der Waals surface area contributed by atoms with Crippen molar-refractivity contribution in [3.05, 3.63) is 340 Å². The van der Waals surface area contributed by atoms with Gasteiger partial charge in [0.25, 0.3) is 6.71 Å². The van der Waals surface area contributed by atoms with Crippen LogP contribution in [0.15, 0.2) is 285 Å². The molecule has 2 nitrogen and oxygen atoms in total. The molecule has 0 atom stereocenters. The lowest BCUT2D eigenvalue weighted by atomic mass is 9.33. The van der Waals surface area contributed by atoms with Crippen molar-refractivity contribution in [2.75, 3.05) is 9.80 Å². The molecule has 2 aliphatic heterocycles. The Morgan fingerprint density at radius 3 is 0.818 bits per heavy atom. The Morgan fingerprint density at radius 1 is 0.283 bits per heavy atom. The zero-order chi connectivity index (χ0) is 81.9. The molecule has 2 aliphatic carbocycles. The van der Waals surface area contributed by atoms with Crippen LogP contribution in [0.25, 0.3) is 66.8 Å². The number of fused-ring (bicyclic) bond motifs is 10. The molecule has 13 aromatic rings. The number of hydrogen-bond donors (Lipinski definition) is 0. The molecule has 0 spiro atoms. The highest BCUT2D eigenvalue weighted by Crippen LogP contribution is 2.56. The molecule has 0 bridgehead atoms. The summed E-state index contributed by atoms with van der Waals surface area (Å²) in [7, 11) is 0. The average molecular weight is 1290 g/mol. The van der Waals surface area contributed by atoms with E-state index >= 15 is 0 Å². The summed E-state index contributed by atoms with van der Waals surface area (Å²) < 4.78 is 151. The molecule has 0 saturated heterocycles. The van der Waals surface area contributed by atoms with Crippen LogP contribution in [-0.4, -0.2) is 6.71 Å². The molecule has 13 aromatic carbocycles. The quantitative estimate of drug-likeness (QED) is 0.140. The minimum atomic E-state index is -1.15. The van der Waals surface area contributed by atoms with E-state index in [2.05, 4.69) is 257 Å². The molecule has 0 unspecified atom stereocenters. The SMILES string of the molecule is [2H]c1c([2H])c([2H])c2c(c1[2H])-c1c([2H])c([2H])c([2H])c([2H])c1C2c1ccc2c(c1)N(c1c(-c3ccc(C(C)(C)C)cc3)cccc1-c1ccc(C(C)(C)C)cc1)c1cccc3c1B2c1ccc(C2c4c([2H])c([2H])c([2H])c([2H])c4-c4c([2H])c([2H])c([2H])c([2H])c42)cc1N3c1c(-c2ccc(C(C)(C)C)cc2)cccc1-c1ccc(C(C)(C)C)cc1. The summed E-state index contributed by atoms with van der Waals surface area (Å²) in [5, 5.41) is 0. The van der Waals surface area contributed by atoms with E-state index in [1.54, 1.807) is 0 Å². The zero-order valence-electron chi connectivity index (χ0n) is 74.0. The Kier molecular flexibility index (Phi) is 10.9. The van der Waals surface area contributed by atoms with Crippen LogP contribution in [0, 0.1) is 0 Å². The lowest BCUT2D eigenvalue weighted by Crippen LogP contribution is -2.61. The first kappa shape index (κ1) is 46.7. The second kappa shape index (κ2) is 23.1. The van der Waals surface area contributed by atoms with Gasteiger partial charge in [0.1, 0.15) is 0 Å². The third-order valence-corrected chi connectivity index (χ3v) is 21.0. The molecule has 0 amide bonds. The normalized spacial score (nSPS) is 16.2. The van der Waals surface area contributed by atoms with E-state index in [0.717, 1.165) is 106 Å². The largest absolute Gasteiger partial charge is 0.310 e. The first-order chi connectivity index (χ1) is 54.3. The van der Waals surface area contributed by atoms with E-state index in [9.17, 15) is 16.4 Å². The standard InChI is InChI=1S/C96H85BN2/c1-93(2,3)66-48-38-60(39-49-66)70-32-21-33-71(61-40-50-67(51-41-61)94(4,5)6)91(70)98-84-36-23-37-85-90(84)97(82-56-46-64(58-86(82)98)88-78-28-17-13-24-74(78)75-25-14-18-29-79(75)88)83-57-47-65(89-80-30-19-15-26-76(80)77-27-16-20-31-81(77)89)59-87(83)99(85)92-72(62-42-52-68(53-43-62)95(7,8)9)34-22-35-73(92)63-44-54-69(55-45-63)96(10,11)12/h13-59,88-89H,1-12H3/i13D,14D,15D,16D,17D,18D,19D,20D,24D,25D,26D,27D,28D,29D,30D,31D. The van der Waals surface area contributed by atoms with Gasteiger partial charge in [-0.3, -0.25) is 0 Å². The maximum Gasteiger partial charge on any atom is 0.252 e. The molecule has 17 rings (SSSR count). The average Bonchev–Trinajstić information content (AvgIpc) is 1.56. The Morgan fingerprint density at radius 2 is 0.545 bits per heavy atom. The van der Waals surface area contributed by atoms with Gasteiger partial charge < -0.3 is 9.80 Å². The molecule has 3 heteroatoms. The van der Waals surface area contributed by atoms with Crippen LogP contribution < -0.4 is 26.2 Å². The van der Waals surface area contributed by atoms with Gasteiger partial charge >= 0.3 is 0 Å². The second-order valence-electron chi connectivity index (χ2n) is 31.2. The number of benzene rings is 13. The monoisotopic (exact) mass is 1290 g/mol. The maximum absolute atomic E-state index is 9.85. The summed E-state index contributed by atoms with van der Waals surface area (Å²) in [6.07, 6.45) is 0. The van der Waals surface area contributed by atoms with Gasteiger partial charge in [0, 0.05) is 56.8 Å². The first-order valence-corrected chi connectivity index (χ1v) is 34.4. The lowest BCUT2D eigenvalue weighted by molar-refractivity contribution is 0.590. The highest BCUT2D eigenvalue weighted by Gasteiger charge is 2.46. The lowest BCUT2D eigenvalue weighted by Gasteiger charge is -2.46. The van der Waals surface area contributed by atoms with E-state index in [4.69, 9.17) is 5.48 Å². The third-order valence-electron chi connectivity index (χ3n) is 21.0. The van der Waals surface area contributed by atoms with E-state index in [1.807, 2.05) is 24.3 Å². The minimum absolute atomic E-state index is 0.0123. The molecule has 0 radical (unpaired) electrons. The summed E-state index contributed by atoms with van der Waals surface area (Å²) in [4.78, 5) is 4.67. The van der Waals surface area contributed by atoms with E-state index in [0.29, 0.717) is 22.5 Å². The molecule has 482 valence electrons. The predicted molar refractivity (Wildman–Crippen MR) is 423 cm³/mol. The highest BCUT2D eigenvalue weighted by molar-refractivity contribution is 7.00. The molecule has 0 N–H and O–H groups in total. The number of nitrogens with zero attached hydrogens (tertiary/aromatic N) is 2. The summed E-state index contributed by atoms with van der Waals surface area (Å²) in [6.45, 7) is 25.6. The first-order valence-electron chi connectivity index (χ1n) is 42.4. The highest BCUT2D eigenvalue weighted by atomic mass is 15.2. The Balaban J connectivity index is 1.04. The van der Waals surface area contributed by atoms with Crippen molar-refractivity contribution in [2.24, 2.45) is 0 Å². The van der Waals surface area contributed by atoms with Gasteiger partial charge in [-0.05, 0) is 162 Å². The predicted octanol–water partition coefficient (Wildman–Crippen LogP) is 23.9. The van der Waals surface area contributed by atoms with Gasteiger partial charge in [0.2, 0.25) is 0 Å². The number of rotatable bonds is 8. The van der Waals surface area contributed by atoms with E-state index in [-0.39, 0.29) is 90.3 Å². The van der Waals surface area contributed by atoms with Crippen molar-refractivity contribution >= 4 is 57.2 Å². The van der Waals surface area contributed by atoms with Crippen LogP contribution in [0.1, 0.15) is 172 Å².